The fraction of sp³-hybridized carbons (Fsp3) is 0.516. The molecular formula is C31H34F4N2O6. The lowest BCUT2D eigenvalue weighted by Gasteiger charge is -2.31. The van der Waals surface area contributed by atoms with Gasteiger partial charge in [0.15, 0.2) is 11.6 Å². The molecule has 3 fully saturated rings. The molecule has 0 unspecified atom stereocenters. The minimum atomic E-state index is -4.57. The van der Waals surface area contributed by atoms with Crippen molar-refractivity contribution < 1.29 is 46.5 Å². The molecule has 43 heavy (non-hydrogen) atoms. The molecule has 12 heteroatoms. The number of carboxylic acids is 1. The Balaban J connectivity index is 1.32. The van der Waals surface area contributed by atoms with Gasteiger partial charge in [0.25, 0.3) is 5.91 Å². The number of amides is 2. The highest BCUT2D eigenvalue weighted by atomic mass is 19.4. The Labute approximate surface area is 246 Å². The molecule has 0 heterocycles. The number of carboxylic acid groups (broad SMARTS) is 1. The van der Waals surface area contributed by atoms with Gasteiger partial charge < -0.3 is 25.2 Å². The third-order valence-electron chi connectivity index (χ3n) is 9.00. The molecule has 0 aliphatic heterocycles. The van der Waals surface area contributed by atoms with Gasteiger partial charge in [0.05, 0.1) is 36.2 Å². The van der Waals surface area contributed by atoms with Crippen molar-refractivity contribution >= 4 is 23.5 Å². The lowest BCUT2D eigenvalue weighted by Crippen LogP contribution is -2.48. The van der Waals surface area contributed by atoms with E-state index in [1.807, 2.05) is 0 Å². The van der Waals surface area contributed by atoms with Gasteiger partial charge in [-0.3, -0.25) is 14.4 Å². The molecule has 2 aromatic rings. The number of halogens is 4. The van der Waals surface area contributed by atoms with Crippen molar-refractivity contribution in [2.24, 2.45) is 23.7 Å². The maximum Gasteiger partial charge on any atom is 0.416 e. The highest BCUT2D eigenvalue weighted by Gasteiger charge is 2.51. The SMILES string of the molecule is COc1cc(F)c(OC2CCC(C(=O)O)CC2)cc1C(=O)N[C@@H]1[C@H]2CC[C@H](C2)[C@@H]1C(=O)Nc1cc(C)cc(C(F)(F)F)c1. The second-order valence-corrected chi connectivity index (χ2v) is 11.8. The van der Waals surface area contributed by atoms with E-state index in [1.165, 1.54) is 26.2 Å². The molecule has 0 saturated heterocycles. The van der Waals surface area contributed by atoms with Gasteiger partial charge in [-0.15, -0.1) is 0 Å². The molecule has 3 aliphatic rings. The first-order valence-corrected chi connectivity index (χ1v) is 14.4. The molecule has 8 nitrogen and oxygen atoms in total. The highest BCUT2D eigenvalue weighted by Crippen LogP contribution is 2.49. The van der Waals surface area contributed by atoms with Crippen LogP contribution in [-0.2, 0) is 15.8 Å². The van der Waals surface area contributed by atoms with Crippen LogP contribution in [0, 0.1) is 36.4 Å². The molecule has 5 rings (SSSR count). The zero-order valence-electron chi connectivity index (χ0n) is 23.8. The van der Waals surface area contributed by atoms with Gasteiger partial charge in [0.2, 0.25) is 5.91 Å². The first-order valence-electron chi connectivity index (χ1n) is 14.4. The minimum Gasteiger partial charge on any atom is -0.496 e. The number of aliphatic carboxylic acids is 1. The summed E-state index contributed by atoms with van der Waals surface area (Å²) in [6.45, 7) is 1.51. The Morgan fingerprint density at radius 2 is 1.63 bits per heavy atom. The zero-order valence-corrected chi connectivity index (χ0v) is 23.8. The Bertz CT molecular complexity index is 1410. The van der Waals surface area contributed by atoms with Crippen LogP contribution >= 0.6 is 0 Å². The van der Waals surface area contributed by atoms with E-state index in [1.54, 1.807) is 0 Å². The number of hydrogen-bond donors (Lipinski definition) is 3. The summed E-state index contributed by atoms with van der Waals surface area (Å²) < 4.78 is 66.1. The first kappa shape index (κ1) is 30.6. The summed E-state index contributed by atoms with van der Waals surface area (Å²) in [7, 11) is 1.30. The maximum atomic E-state index is 14.9. The number of fused-ring (bicyclic) bond motifs is 2. The summed E-state index contributed by atoms with van der Waals surface area (Å²) >= 11 is 0. The lowest BCUT2D eigenvalue weighted by molar-refractivity contribution is -0.143. The Morgan fingerprint density at radius 1 is 0.930 bits per heavy atom. The van der Waals surface area contributed by atoms with Crippen LogP contribution in [-0.4, -0.2) is 42.1 Å². The van der Waals surface area contributed by atoms with Crippen LogP contribution in [0.5, 0.6) is 11.5 Å². The summed E-state index contributed by atoms with van der Waals surface area (Å²) in [6, 6.07) is 5.08. The van der Waals surface area contributed by atoms with Crippen molar-refractivity contribution in [1.82, 2.24) is 5.32 Å². The van der Waals surface area contributed by atoms with Crippen LogP contribution in [0.3, 0.4) is 0 Å². The smallest absolute Gasteiger partial charge is 0.416 e. The zero-order chi connectivity index (χ0) is 31.1. The monoisotopic (exact) mass is 606 g/mol. The summed E-state index contributed by atoms with van der Waals surface area (Å²) in [4.78, 5) is 38.3. The van der Waals surface area contributed by atoms with Crippen LogP contribution in [0.1, 0.15) is 66.4 Å². The van der Waals surface area contributed by atoms with Gasteiger partial charge in [-0.25, -0.2) is 4.39 Å². The van der Waals surface area contributed by atoms with Crippen molar-refractivity contribution in [3.63, 3.8) is 0 Å². The maximum absolute atomic E-state index is 14.9. The molecule has 3 saturated carbocycles. The molecule has 2 aromatic carbocycles. The Kier molecular flexibility index (Phi) is 8.58. The van der Waals surface area contributed by atoms with Crippen molar-refractivity contribution in [1.29, 1.82) is 0 Å². The van der Waals surface area contributed by atoms with Crippen LogP contribution in [0.4, 0.5) is 23.2 Å². The predicted molar refractivity (Wildman–Crippen MR) is 147 cm³/mol. The number of methoxy groups -OCH3 is 1. The minimum absolute atomic E-state index is 0.000436. The third kappa shape index (κ3) is 6.57. The van der Waals surface area contributed by atoms with Crippen LogP contribution in [0.2, 0.25) is 0 Å². The number of benzene rings is 2. The molecule has 232 valence electrons. The van der Waals surface area contributed by atoms with E-state index in [2.05, 4.69) is 10.6 Å². The first-order chi connectivity index (χ1) is 20.3. The molecule has 3 aliphatic carbocycles. The fourth-order valence-electron chi connectivity index (χ4n) is 6.93. The van der Waals surface area contributed by atoms with E-state index >= 15 is 0 Å². The Hall–Kier alpha value is -3.83. The fourth-order valence-corrected chi connectivity index (χ4v) is 6.93. The van der Waals surface area contributed by atoms with Gasteiger partial charge in [-0.1, -0.05) is 0 Å². The molecule has 0 aromatic heterocycles. The number of hydrogen-bond acceptors (Lipinski definition) is 5. The number of aryl methyl sites for hydroxylation is 1. The normalized spacial score (nSPS) is 26.6. The number of nitrogens with one attached hydrogen (secondary N) is 2. The Morgan fingerprint density at radius 3 is 2.28 bits per heavy atom. The van der Waals surface area contributed by atoms with E-state index in [4.69, 9.17) is 9.47 Å². The molecular weight excluding hydrogens is 572 g/mol. The number of alkyl halides is 3. The largest absolute Gasteiger partial charge is 0.496 e. The van der Waals surface area contributed by atoms with E-state index < -0.39 is 59.3 Å². The van der Waals surface area contributed by atoms with Gasteiger partial charge in [0.1, 0.15) is 5.75 Å². The molecule has 0 spiro atoms. The molecule has 2 bridgehead atoms. The van der Waals surface area contributed by atoms with E-state index in [0.717, 1.165) is 31.0 Å². The average molecular weight is 607 g/mol. The number of carbonyl (C=O) groups is 3. The second kappa shape index (κ2) is 12.0. The second-order valence-electron chi connectivity index (χ2n) is 11.8. The summed E-state index contributed by atoms with van der Waals surface area (Å²) in [6.07, 6.45) is -1.07. The summed E-state index contributed by atoms with van der Waals surface area (Å²) in [5, 5.41) is 14.8. The number of carbonyl (C=O) groups excluding carboxylic acids is 2. The van der Waals surface area contributed by atoms with Crippen LogP contribution in [0.25, 0.3) is 0 Å². The van der Waals surface area contributed by atoms with E-state index in [0.29, 0.717) is 37.7 Å². The van der Waals surface area contributed by atoms with Crippen LogP contribution < -0.4 is 20.1 Å². The van der Waals surface area contributed by atoms with E-state index in [-0.39, 0.29) is 34.6 Å². The predicted octanol–water partition coefficient (Wildman–Crippen LogP) is 5.97. The quantitative estimate of drug-likeness (QED) is 0.319. The van der Waals surface area contributed by atoms with Gasteiger partial charge >= 0.3 is 12.1 Å². The third-order valence-corrected chi connectivity index (χ3v) is 9.00. The van der Waals surface area contributed by atoms with E-state index in [9.17, 15) is 37.1 Å². The molecule has 4 atom stereocenters. The standard InChI is InChI=1S/C31H34F4N2O6/c1-15-9-19(31(33,34)35)12-20(10-15)36-29(39)26-17-3-4-18(11-17)27(26)37-28(38)22-13-25(23(32)14-24(22)42-2)43-21-7-5-16(6-8-21)30(40)41/h9-10,12-14,16-18,21,26-27H,3-8,11H2,1-2H3,(H,36,39)(H,37,38)(H,40,41)/t16?,17-,18+,21?,26+,27-/m1/s1. The van der Waals surface area contributed by atoms with Crippen molar-refractivity contribution in [2.45, 2.75) is 70.2 Å². The topological polar surface area (TPSA) is 114 Å². The number of rotatable bonds is 8. The van der Waals surface area contributed by atoms with Crippen molar-refractivity contribution in [3.05, 3.63) is 52.8 Å². The van der Waals surface area contributed by atoms with Gasteiger partial charge in [0, 0.05) is 17.8 Å². The summed E-state index contributed by atoms with van der Waals surface area (Å²) in [5.41, 5.74) is -0.477. The molecule has 0 radical (unpaired) electrons. The molecule has 2 amide bonds. The molecule has 3 N–H and O–H groups in total. The van der Waals surface area contributed by atoms with Crippen molar-refractivity contribution in [3.8, 4) is 11.5 Å². The average Bonchev–Trinajstić information content (AvgIpc) is 3.55. The summed E-state index contributed by atoms with van der Waals surface area (Å²) in [5.74, 6) is -4.03. The number of ether oxygens (including phenoxy) is 2. The van der Waals surface area contributed by atoms with Crippen LogP contribution in [0.15, 0.2) is 30.3 Å². The van der Waals surface area contributed by atoms with Gasteiger partial charge in [-0.2, -0.15) is 13.2 Å². The number of anilines is 1. The highest BCUT2D eigenvalue weighted by molar-refractivity contribution is 5.99. The lowest BCUT2D eigenvalue weighted by atomic mass is 9.83. The van der Waals surface area contributed by atoms with Gasteiger partial charge in [-0.05, 0) is 93.5 Å². The van der Waals surface area contributed by atoms with Crippen molar-refractivity contribution in [2.75, 3.05) is 12.4 Å².